The van der Waals surface area contributed by atoms with Crippen LogP contribution in [0.25, 0.3) is 0 Å². The zero-order chi connectivity index (χ0) is 13.2. The Morgan fingerprint density at radius 1 is 1.67 bits per heavy atom. The molecule has 1 aliphatic heterocycles. The predicted octanol–water partition coefficient (Wildman–Crippen LogP) is 0.0415. The maximum atomic E-state index is 9.88. The van der Waals surface area contributed by atoms with E-state index in [0.717, 1.165) is 18.1 Å². The van der Waals surface area contributed by atoms with Crippen LogP contribution in [0.15, 0.2) is 4.52 Å². The normalized spacial score (nSPS) is 25.0. The average molecular weight is 272 g/mol. The molecule has 18 heavy (non-hydrogen) atoms. The van der Waals surface area contributed by atoms with Crippen molar-refractivity contribution in [3.8, 4) is 0 Å². The lowest BCUT2D eigenvalue weighted by Crippen LogP contribution is -2.36. The molecule has 2 heterocycles. The van der Waals surface area contributed by atoms with Gasteiger partial charge in [0.15, 0.2) is 5.82 Å². The second-order valence-electron chi connectivity index (χ2n) is 5.00. The molecule has 0 spiro atoms. The highest BCUT2D eigenvalue weighted by atomic mass is 32.2. The number of aromatic nitrogens is 2. The van der Waals surface area contributed by atoms with Gasteiger partial charge in [-0.15, -0.1) is 0 Å². The van der Waals surface area contributed by atoms with Gasteiger partial charge in [-0.25, -0.2) is 0 Å². The molecule has 0 amide bonds. The summed E-state index contributed by atoms with van der Waals surface area (Å²) in [6.45, 7) is 2.86. The van der Waals surface area contributed by atoms with Gasteiger partial charge >= 0.3 is 0 Å². The Morgan fingerprint density at radius 2 is 2.44 bits per heavy atom. The molecule has 3 N–H and O–H groups in total. The van der Waals surface area contributed by atoms with E-state index in [1.165, 1.54) is 0 Å². The van der Waals surface area contributed by atoms with Crippen molar-refractivity contribution >= 4 is 11.8 Å². The van der Waals surface area contributed by atoms with Crippen molar-refractivity contribution in [2.45, 2.75) is 25.0 Å². The molecule has 2 rings (SSSR count). The zero-order valence-corrected chi connectivity index (χ0v) is 11.6. The van der Waals surface area contributed by atoms with Gasteiger partial charge in [0.05, 0.1) is 18.1 Å². The zero-order valence-electron chi connectivity index (χ0n) is 10.8. The highest BCUT2D eigenvalue weighted by Gasteiger charge is 2.28. The molecular weight excluding hydrogens is 252 g/mol. The lowest BCUT2D eigenvalue weighted by Gasteiger charge is -2.29. The molecule has 2 unspecified atom stereocenters. The fraction of sp³-hybridized carbons (Fsp3) is 0.818. The molecule has 0 saturated carbocycles. The summed E-state index contributed by atoms with van der Waals surface area (Å²) in [5.41, 5.74) is 4.49. The number of hydrogen-bond acceptors (Lipinski definition) is 7. The van der Waals surface area contributed by atoms with Crippen LogP contribution in [-0.2, 0) is 6.42 Å². The van der Waals surface area contributed by atoms with Crippen molar-refractivity contribution in [2.24, 2.45) is 5.73 Å². The lowest BCUT2D eigenvalue weighted by atomic mass is 10.0. The molecule has 0 radical (unpaired) electrons. The van der Waals surface area contributed by atoms with Crippen LogP contribution in [0.4, 0.5) is 0 Å². The Bertz CT molecular complexity index is 396. The van der Waals surface area contributed by atoms with Crippen LogP contribution in [0.5, 0.6) is 0 Å². The monoisotopic (exact) mass is 272 g/mol. The smallest absolute Gasteiger partial charge is 0.229 e. The van der Waals surface area contributed by atoms with Gasteiger partial charge in [-0.1, -0.05) is 5.16 Å². The Hall–Kier alpha value is -0.630. The molecule has 1 fully saturated rings. The van der Waals surface area contributed by atoms with E-state index in [1.807, 2.05) is 11.8 Å². The van der Waals surface area contributed by atoms with Gasteiger partial charge in [-0.05, 0) is 14.0 Å². The lowest BCUT2D eigenvalue weighted by molar-refractivity contribution is 0.0610. The van der Waals surface area contributed by atoms with Crippen molar-refractivity contribution < 1.29 is 9.63 Å². The fourth-order valence-corrected chi connectivity index (χ4v) is 3.04. The Labute approximate surface area is 111 Å². The summed E-state index contributed by atoms with van der Waals surface area (Å²) in [6, 6.07) is 0.198. The maximum absolute atomic E-state index is 9.88. The summed E-state index contributed by atoms with van der Waals surface area (Å²) in [5, 5.41) is 13.9. The minimum atomic E-state index is -0.989. The number of nitrogens with two attached hydrogens (primary N) is 1. The van der Waals surface area contributed by atoms with Crippen molar-refractivity contribution in [1.82, 2.24) is 15.0 Å². The van der Waals surface area contributed by atoms with Crippen LogP contribution in [0.1, 0.15) is 24.7 Å². The molecular formula is C11H20N4O2S. The fourth-order valence-electron chi connectivity index (χ4n) is 1.83. The van der Waals surface area contributed by atoms with E-state index in [0.29, 0.717) is 18.1 Å². The Kier molecular flexibility index (Phi) is 4.26. The van der Waals surface area contributed by atoms with Gasteiger partial charge in [0.2, 0.25) is 5.89 Å². The van der Waals surface area contributed by atoms with Crippen molar-refractivity contribution in [2.75, 3.05) is 31.6 Å². The van der Waals surface area contributed by atoms with Crippen LogP contribution >= 0.6 is 11.8 Å². The average Bonchev–Trinajstić information content (AvgIpc) is 2.77. The van der Waals surface area contributed by atoms with E-state index in [4.69, 9.17) is 10.3 Å². The molecule has 7 heteroatoms. The molecule has 6 nitrogen and oxygen atoms in total. The summed E-state index contributed by atoms with van der Waals surface area (Å²) in [5.74, 6) is 3.26. The molecule has 1 aromatic heterocycles. The predicted molar refractivity (Wildman–Crippen MR) is 70.4 cm³/mol. The summed E-state index contributed by atoms with van der Waals surface area (Å²) >= 11 is 1.90. The van der Waals surface area contributed by atoms with Gasteiger partial charge in [0, 0.05) is 24.6 Å². The number of rotatable bonds is 4. The quantitative estimate of drug-likeness (QED) is 0.800. The summed E-state index contributed by atoms with van der Waals surface area (Å²) in [6.07, 6.45) is 0.292. The third kappa shape index (κ3) is 3.23. The second-order valence-corrected chi connectivity index (χ2v) is 6.15. The topological polar surface area (TPSA) is 88.4 Å². The van der Waals surface area contributed by atoms with E-state index in [2.05, 4.69) is 22.1 Å². The molecule has 0 bridgehead atoms. The van der Waals surface area contributed by atoms with Gasteiger partial charge in [-0.2, -0.15) is 16.7 Å². The SMILES string of the molecule is CN1CCSCC1c1noc(CC(C)(O)CN)n1. The highest BCUT2D eigenvalue weighted by Crippen LogP contribution is 2.26. The summed E-state index contributed by atoms with van der Waals surface area (Å²) < 4.78 is 5.19. The minimum Gasteiger partial charge on any atom is -0.388 e. The van der Waals surface area contributed by atoms with E-state index >= 15 is 0 Å². The van der Waals surface area contributed by atoms with Gasteiger partial charge in [-0.3, -0.25) is 4.90 Å². The standard InChI is InChI=1S/C11H20N4O2S/c1-11(16,7-12)5-9-13-10(14-17-9)8-6-18-4-3-15(8)2/h8,16H,3-7,12H2,1-2H3. The molecule has 0 aliphatic carbocycles. The number of thioether (sulfide) groups is 1. The molecule has 0 aromatic carbocycles. The van der Waals surface area contributed by atoms with E-state index in [1.54, 1.807) is 6.92 Å². The number of hydrogen-bond donors (Lipinski definition) is 2. The van der Waals surface area contributed by atoms with Crippen LogP contribution in [0.3, 0.4) is 0 Å². The van der Waals surface area contributed by atoms with Crippen LogP contribution in [-0.4, -0.2) is 57.4 Å². The first-order valence-electron chi connectivity index (χ1n) is 6.05. The first-order chi connectivity index (χ1) is 8.52. The first kappa shape index (κ1) is 13.8. The molecule has 1 aliphatic rings. The van der Waals surface area contributed by atoms with E-state index in [-0.39, 0.29) is 12.6 Å². The molecule has 2 atom stereocenters. The Balaban J connectivity index is 2.05. The molecule has 102 valence electrons. The van der Waals surface area contributed by atoms with E-state index < -0.39 is 5.60 Å². The minimum absolute atomic E-state index is 0.171. The third-order valence-corrected chi connectivity index (χ3v) is 4.17. The first-order valence-corrected chi connectivity index (χ1v) is 7.20. The molecule has 1 aromatic rings. The molecule has 1 saturated heterocycles. The largest absolute Gasteiger partial charge is 0.388 e. The van der Waals surface area contributed by atoms with Crippen LogP contribution in [0.2, 0.25) is 0 Å². The third-order valence-electron chi connectivity index (χ3n) is 3.15. The second kappa shape index (κ2) is 5.56. The number of aliphatic hydroxyl groups is 1. The van der Waals surface area contributed by atoms with Gasteiger partial charge in [0.1, 0.15) is 0 Å². The van der Waals surface area contributed by atoms with Crippen LogP contribution in [0, 0.1) is 0 Å². The van der Waals surface area contributed by atoms with Gasteiger partial charge in [0.25, 0.3) is 0 Å². The van der Waals surface area contributed by atoms with Crippen molar-refractivity contribution in [1.29, 1.82) is 0 Å². The van der Waals surface area contributed by atoms with Crippen LogP contribution < -0.4 is 5.73 Å². The summed E-state index contributed by atoms with van der Waals surface area (Å²) in [4.78, 5) is 6.60. The van der Waals surface area contributed by atoms with Crippen molar-refractivity contribution in [3.05, 3.63) is 11.7 Å². The van der Waals surface area contributed by atoms with Gasteiger partial charge < -0.3 is 15.4 Å². The van der Waals surface area contributed by atoms with E-state index in [9.17, 15) is 5.11 Å². The summed E-state index contributed by atoms with van der Waals surface area (Å²) in [7, 11) is 2.07. The maximum Gasteiger partial charge on any atom is 0.229 e. The number of nitrogens with zero attached hydrogens (tertiary/aromatic N) is 3. The highest BCUT2D eigenvalue weighted by molar-refractivity contribution is 7.99. The van der Waals surface area contributed by atoms with Crippen molar-refractivity contribution in [3.63, 3.8) is 0 Å². The Morgan fingerprint density at radius 3 is 3.11 bits per heavy atom.